The number of carbonyl (C=O) groups is 1. The third-order valence-corrected chi connectivity index (χ3v) is 11.2. The van der Waals surface area contributed by atoms with Crippen LogP contribution in [0.4, 0.5) is 5.69 Å². The fraction of sp³-hybridized carbons (Fsp3) is 0.767. The topological polar surface area (TPSA) is 54.5 Å². The van der Waals surface area contributed by atoms with Crippen LogP contribution in [0.1, 0.15) is 72.3 Å². The van der Waals surface area contributed by atoms with Gasteiger partial charge in [-0.15, -0.1) is 0 Å². The molecule has 38 heavy (non-hydrogen) atoms. The first-order valence-electron chi connectivity index (χ1n) is 15.0. The molecule has 5 fully saturated rings. The van der Waals surface area contributed by atoms with Gasteiger partial charge in [0.25, 0.3) is 0 Å². The lowest BCUT2D eigenvalue weighted by molar-refractivity contribution is -0.128. The molecule has 1 spiro atoms. The molecule has 5 heterocycles. The Labute approximate surface area is 228 Å². The first-order valence-corrected chi connectivity index (χ1v) is 15.0. The van der Waals surface area contributed by atoms with Gasteiger partial charge in [-0.3, -0.25) is 14.6 Å². The van der Waals surface area contributed by atoms with Crippen LogP contribution in [0.3, 0.4) is 0 Å². The summed E-state index contributed by atoms with van der Waals surface area (Å²) in [4.78, 5) is 21.9. The predicted molar refractivity (Wildman–Crippen MR) is 149 cm³/mol. The normalized spacial score (nSPS) is 34.6. The molecule has 206 valence electrons. The van der Waals surface area contributed by atoms with E-state index in [0.717, 1.165) is 69.1 Å². The van der Waals surface area contributed by atoms with Gasteiger partial charge >= 0.3 is 7.12 Å². The van der Waals surface area contributed by atoms with E-state index in [-0.39, 0.29) is 17.2 Å². The van der Waals surface area contributed by atoms with Gasteiger partial charge in [0.1, 0.15) is 0 Å². The van der Waals surface area contributed by atoms with E-state index < -0.39 is 12.5 Å². The number of rotatable bonds is 4. The van der Waals surface area contributed by atoms with Gasteiger partial charge in [0, 0.05) is 24.3 Å². The third kappa shape index (κ3) is 3.77. The molecule has 0 unspecified atom stereocenters. The Balaban J connectivity index is 1.18. The maximum absolute atomic E-state index is 14.5. The number of hydrogen-bond donors (Lipinski definition) is 0. The zero-order valence-corrected chi connectivity index (χ0v) is 23.9. The molecule has 1 aromatic carbocycles. The number of ether oxygens (including phenoxy) is 1. The van der Waals surface area contributed by atoms with Crippen molar-refractivity contribution in [2.45, 2.75) is 101 Å². The van der Waals surface area contributed by atoms with Crippen molar-refractivity contribution in [3.8, 4) is 0 Å². The predicted octanol–water partition coefficient (Wildman–Crippen LogP) is 2.94. The minimum Gasteiger partial charge on any atom is -0.399 e. The second-order valence-corrected chi connectivity index (χ2v) is 14.0. The van der Waals surface area contributed by atoms with Crippen LogP contribution < -0.4 is 10.4 Å². The van der Waals surface area contributed by atoms with Crippen molar-refractivity contribution in [2.24, 2.45) is 5.92 Å². The summed E-state index contributed by atoms with van der Waals surface area (Å²) >= 11 is 0. The van der Waals surface area contributed by atoms with Crippen molar-refractivity contribution in [1.29, 1.82) is 0 Å². The van der Waals surface area contributed by atoms with Crippen LogP contribution in [-0.2, 0) is 24.3 Å². The summed E-state index contributed by atoms with van der Waals surface area (Å²) in [5.74, 6) is 1.13. The largest absolute Gasteiger partial charge is 0.494 e. The number of benzene rings is 1. The van der Waals surface area contributed by atoms with Gasteiger partial charge in [-0.2, -0.15) is 0 Å². The van der Waals surface area contributed by atoms with Gasteiger partial charge in [-0.25, -0.2) is 0 Å². The molecule has 6 aliphatic rings. The molecule has 1 aromatic rings. The molecule has 1 aliphatic carbocycles. The Morgan fingerprint density at radius 2 is 1.58 bits per heavy atom. The molecule has 0 aromatic heterocycles. The SMILES string of the molecule is C[C@@H]1CCN([C@H]2C[C@@H](N3C(=O)C4(CCN(C5COC5)CC4)c4ccc(B5OC(C)(C)C(C)(C)O5)cc43)C2)C1. The Hall–Kier alpha value is -1.45. The highest BCUT2D eigenvalue weighted by molar-refractivity contribution is 6.62. The third-order valence-electron chi connectivity index (χ3n) is 11.2. The van der Waals surface area contributed by atoms with Crippen molar-refractivity contribution in [3.05, 3.63) is 23.8 Å². The molecule has 0 bridgehead atoms. The van der Waals surface area contributed by atoms with Crippen LogP contribution in [0.25, 0.3) is 0 Å². The molecule has 8 heteroatoms. The van der Waals surface area contributed by atoms with Crippen LogP contribution in [0.5, 0.6) is 0 Å². The van der Waals surface area contributed by atoms with Crippen LogP contribution in [0.15, 0.2) is 18.2 Å². The van der Waals surface area contributed by atoms with E-state index in [9.17, 15) is 4.79 Å². The second kappa shape index (κ2) is 8.78. The number of carbonyl (C=O) groups excluding carboxylic acids is 1. The van der Waals surface area contributed by atoms with E-state index >= 15 is 0 Å². The molecule has 7 nitrogen and oxygen atoms in total. The summed E-state index contributed by atoms with van der Waals surface area (Å²) in [5.41, 5.74) is 2.17. The molecule has 1 saturated carbocycles. The Morgan fingerprint density at radius 3 is 2.16 bits per heavy atom. The zero-order chi connectivity index (χ0) is 26.4. The molecular weight excluding hydrogens is 477 g/mol. The van der Waals surface area contributed by atoms with Crippen molar-refractivity contribution in [1.82, 2.24) is 9.80 Å². The monoisotopic (exact) mass is 521 g/mol. The Morgan fingerprint density at radius 1 is 0.895 bits per heavy atom. The maximum Gasteiger partial charge on any atom is 0.494 e. The van der Waals surface area contributed by atoms with Crippen LogP contribution in [0, 0.1) is 5.92 Å². The number of likely N-dealkylation sites (tertiary alicyclic amines) is 2. The summed E-state index contributed by atoms with van der Waals surface area (Å²) in [6, 6.07) is 8.04. The van der Waals surface area contributed by atoms with E-state index in [4.69, 9.17) is 14.0 Å². The zero-order valence-electron chi connectivity index (χ0n) is 23.9. The average molecular weight is 522 g/mol. The van der Waals surface area contributed by atoms with E-state index in [1.807, 2.05) is 0 Å². The molecule has 0 N–H and O–H groups in total. The Bertz CT molecular complexity index is 1090. The number of amides is 1. The van der Waals surface area contributed by atoms with Crippen LogP contribution in [0.2, 0.25) is 0 Å². The van der Waals surface area contributed by atoms with Crippen molar-refractivity contribution in [3.63, 3.8) is 0 Å². The van der Waals surface area contributed by atoms with E-state index in [1.165, 1.54) is 25.1 Å². The minimum absolute atomic E-state index is 0.285. The number of piperidine rings is 1. The standard InChI is InChI=1S/C30H44BN3O4/c1-20-8-11-33(17-20)22-15-23(16-22)34-26-14-21(31-37-28(2,3)29(4,5)38-31)6-7-25(26)30(27(34)35)9-12-32(13-10-30)24-18-36-19-24/h6-7,14,20,22-24H,8-13,15-19H2,1-5H3/t20-,22-,23+/m1/s1. The van der Waals surface area contributed by atoms with Gasteiger partial charge < -0.3 is 18.9 Å². The average Bonchev–Trinajstić information content (AvgIpc) is 3.40. The summed E-state index contributed by atoms with van der Waals surface area (Å²) in [6.07, 6.45) is 5.25. The van der Waals surface area contributed by atoms with Gasteiger partial charge in [-0.05, 0) is 102 Å². The summed E-state index contributed by atoms with van der Waals surface area (Å²) in [7, 11) is -0.417. The first-order chi connectivity index (χ1) is 18.1. The fourth-order valence-corrected chi connectivity index (χ4v) is 7.65. The highest BCUT2D eigenvalue weighted by Gasteiger charge is 2.57. The van der Waals surface area contributed by atoms with Gasteiger partial charge in [0.2, 0.25) is 5.91 Å². The number of fused-ring (bicyclic) bond motifs is 2. The fourth-order valence-electron chi connectivity index (χ4n) is 7.65. The van der Waals surface area contributed by atoms with E-state index in [1.54, 1.807) is 0 Å². The molecule has 0 radical (unpaired) electrons. The molecular formula is C30H44BN3O4. The molecule has 5 aliphatic heterocycles. The number of nitrogens with zero attached hydrogens (tertiary/aromatic N) is 3. The lowest BCUT2D eigenvalue weighted by Gasteiger charge is -2.47. The lowest BCUT2D eigenvalue weighted by atomic mass is 9.71. The number of hydrogen-bond acceptors (Lipinski definition) is 6. The maximum atomic E-state index is 14.5. The summed E-state index contributed by atoms with van der Waals surface area (Å²) < 4.78 is 18.3. The summed E-state index contributed by atoms with van der Waals surface area (Å²) in [5, 5.41) is 0. The van der Waals surface area contributed by atoms with Crippen molar-refractivity contribution < 1.29 is 18.8 Å². The number of anilines is 1. The molecule has 1 amide bonds. The smallest absolute Gasteiger partial charge is 0.399 e. The van der Waals surface area contributed by atoms with Crippen molar-refractivity contribution >= 4 is 24.2 Å². The highest BCUT2D eigenvalue weighted by atomic mass is 16.7. The quantitative estimate of drug-likeness (QED) is 0.569. The van der Waals surface area contributed by atoms with Crippen LogP contribution in [-0.4, -0.2) is 91.5 Å². The second-order valence-electron chi connectivity index (χ2n) is 14.0. The van der Waals surface area contributed by atoms with E-state index in [0.29, 0.717) is 18.0 Å². The minimum atomic E-state index is -0.417. The van der Waals surface area contributed by atoms with E-state index in [2.05, 4.69) is 67.5 Å². The highest BCUT2D eigenvalue weighted by Crippen LogP contribution is 2.51. The van der Waals surface area contributed by atoms with Crippen LogP contribution >= 0.6 is 0 Å². The Kier molecular flexibility index (Phi) is 5.89. The van der Waals surface area contributed by atoms with Crippen molar-refractivity contribution in [2.75, 3.05) is 44.3 Å². The molecule has 1 atom stereocenters. The summed E-state index contributed by atoms with van der Waals surface area (Å²) in [6.45, 7) is 16.8. The van der Waals surface area contributed by atoms with Gasteiger partial charge in [0.15, 0.2) is 0 Å². The molecule has 4 saturated heterocycles. The molecule has 7 rings (SSSR count). The first kappa shape index (κ1) is 25.5. The lowest BCUT2D eigenvalue weighted by Crippen LogP contribution is -2.59. The van der Waals surface area contributed by atoms with Gasteiger partial charge in [-0.1, -0.05) is 19.1 Å². The van der Waals surface area contributed by atoms with Gasteiger partial charge in [0.05, 0.1) is 35.9 Å².